The van der Waals surface area contributed by atoms with E-state index in [0.717, 1.165) is 31.2 Å². The number of hydrogen-bond acceptors (Lipinski definition) is 4. The van der Waals surface area contributed by atoms with Crippen molar-refractivity contribution in [3.63, 3.8) is 0 Å². The average molecular weight is 383 g/mol. The Balaban J connectivity index is 1.87. The minimum absolute atomic E-state index is 0.415. The minimum Gasteiger partial charge on any atom is -0.334 e. The fraction of sp³-hybridized carbons (Fsp3) is 0.467. The highest BCUT2D eigenvalue weighted by atomic mass is 127. The fourth-order valence-corrected chi connectivity index (χ4v) is 3.08. The molecule has 2 N–H and O–H groups in total. The fourth-order valence-electron chi connectivity index (χ4n) is 2.72. The van der Waals surface area contributed by atoms with Gasteiger partial charge in [0.15, 0.2) is 5.82 Å². The van der Waals surface area contributed by atoms with E-state index in [-0.39, 0.29) is 0 Å². The summed E-state index contributed by atoms with van der Waals surface area (Å²) in [5.41, 5.74) is 7.04. The number of hydrogen-bond donors (Lipinski definition) is 1. The molecule has 2 aromatic rings. The maximum Gasteiger partial charge on any atom is 0.257 e. The van der Waals surface area contributed by atoms with Crippen LogP contribution in [-0.4, -0.2) is 10.1 Å². The molecule has 1 saturated carbocycles. The van der Waals surface area contributed by atoms with E-state index < -0.39 is 5.54 Å². The van der Waals surface area contributed by atoms with Crippen molar-refractivity contribution in [3.05, 3.63) is 33.7 Å². The van der Waals surface area contributed by atoms with Crippen LogP contribution >= 0.6 is 22.6 Å². The van der Waals surface area contributed by atoms with Crippen LogP contribution in [0.1, 0.15) is 44.3 Å². The zero-order chi connectivity index (χ0) is 14.0. The van der Waals surface area contributed by atoms with Crippen LogP contribution in [0.2, 0.25) is 0 Å². The zero-order valence-corrected chi connectivity index (χ0v) is 13.5. The first-order valence-corrected chi connectivity index (χ1v) is 8.14. The average Bonchev–Trinajstić information content (AvgIpc) is 2.84. The van der Waals surface area contributed by atoms with Gasteiger partial charge in [-0.05, 0) is 59.7 Å². The summed E-state index contributed by atoms with van der Waals surface area (Å²) >= 11 is 2.28. The SMILES string of the molecule is NC1(c2noc(-c3ccc(I)cc3)n2)CCCCCC1. The predicted octanol–water partition coefficient (Wildman–Crippen LogP) is 3.85. The molecular formula is C15H18IN3O. The molecule has 1 aromatic carbocycles. The molecule has 1 aliphatic carbocycles. The molecule has 0 saturated heterocycles. The quantitative estimate of drug-likeness (QED) is 0.632. The summed E-state index contributed by atoms with van der Waals surface area (Å²) in [4.78, 5) is 4.54. The molecule has 4 nitrogen and oxygen atoms in total. The van der Waals surface area contributed by atoms with Gasteiger partial charge in [0.25, 0.3) is 5.89 Å². The highest BCUT2D eigenvalue weighted by Crippen LogP contribution is 2.33. The van der Waals surface area contributed by atoms with E-state index in [1.807, 2.05) is 24.3 Å². The molecule has 0 unspecified atom stereocenters. The van der Waals surface area contributed by atoms with E-state index in [9.17, 15) is 0 Å². The lowest BCUT2D eigenvalue weighted by molar-refractivity contribution is 0.334. The summed E-state index contributed by atoms with van der Waals surface area (Å²) in [5.74, 6) is 1.22. The lowest BCUT2D eigenvalue weighted by Crippen LogP contribution is -2.37. The molecule has 20 heavy (non-hydrogen) atoms. The van der Waals surface area contributed by atoms with Crippen LogP contribution in [0.15, 0.2) is 28.8 Å². The van der Waals surface area contributed by atoms with Gasteiger partial charge in [0, 0.05) is 9.13 Å². The molecule has 106 valence electrons. The topological polar surface area (TPSA) is 64.9 Å². The van der Waals surface area contributed by atoms with Gasteiger partial charge in [-0.3, -0.25) is 0 Å². The van der Waals surface area contributed by atoms with E-state index in [1.54, 1.807) is 0 Å². The summed E-state index contributed by atoms with van der Waals surface area (Å²) in [5, 5.41) is 4.14. The van der Waals surface area contributed by atoms with E-state index in [2.05, 4.69) is 32.7 Å². The van der Waals surface area contributed by atoms with Crippen LogP contribution < -0.4 is 5.73 Å². The number of rotatable bonds is 2. The first kappa shape index (κ1) is 14.0. The van der Waals surface area contributed by atoms with Crippen LogP contribution in [-0.2, 0) is 5.54 Å². The van der Waals surface area contributed by atoms with Crippen molar-refractivity contribution in [1.82, 2.24) is 10.1 Å². The van der Waals surface area contributed by atoms with E-state index >= 15 is 0 Å². The molecule has 1 aliphatic rings. The Bertz CT molecular complexity index is 571. The lowest BCUT2D eigenvalue weighted by Gasteiger charge is -2.23. The summed E-state index contributed by atoms with van der Waals surface area (Å²) in [6, 6.07) is 8.05. The van der Waals surface area contributed by atoms with Gasteiger partial charge in [0.2, 0.25) is 0 Å². The van der Waals surface area contributed by atoms with Crippen LogP contribution in [0.4, 0.5) is 0 Å². The first-order valence-electron chi connectivity index (χ1n) is 7.06. The minimum atomic E-state index is -0.415. The zero-order valence-electron chi connectivity index (χ0n) is 11.3. The summed E-state index contributed by atoms with van der Waals surface area (Å²) in [6.07, 6.45) is 6.67. The monoisotopic (exact) mass is 383 g/mol. The number of aromatic nitrogens is 2. The number of nitrogens with zero attached hydrogens (tertiary/aromatic N) is 2. The third-order valence-electron chi connectivity index (χ3n) is 3.96. The highest BCUT2D eigenvalue weighted by Gasteiger charge is 2.33. The van der Waals surface area contributed by atoms with Crippen LogP contribution in [0, 0.1) is 3.57 Å². The maximum atomic E-state index is 6.51. The largest absolute Gasteiger partial charge is 0.334 e. The summed E-state index contributed by atoms with van der Waals surface area (Å²) in [6.45, 7) is 0. The van der Waals surface area contributed by atoms with Gasteiger partial charge in [-0.2, -0.15) is 4.98 Å². The van der Waals surface area contributed by atoms with Crippen molar-refractivity contribution in [1.29, 1.82) is 0 Å². The summed E-state index contributed by atoms with van der Waals surface area (Å²) in [7, 11) is 0. The first-order chi connectivity index (χ1) is 9.67. The molecule has 0 spiro atoms. The van der Waals surface area contributed by atoms with Crippen molar-refractivity contribution in [2.75, 3.05) is 0 Å². The number of halogens is 1. The number of benzene rings is 1. The molecule has 3 rings (SSSR count). The molecule has 0 atom stereocenters. The van der Waals surface area contributed by atoms with Gasteiger partial charge in [-0.15, -0.1) is 0 Å². The molecule has 0 amide bonds. The molecule has 1 fully saturated rings. The van der Waals surface area contributed by atoms with Crippen molar-refractivity contribution in [2.24, 2.45) is 5.73 Å². The predicted molar refractivity (Wildman–Crippen MR) is 86.0 cm³/mol. The van der Waals surface area contributed by atoms with E-state index in [1.165, 1.54) is 16.4 Å². The van der Waals surface area contributed by atoms with Gasteiger partial charge in [-0.1, -0.05) is 30.8 Å². The molecule has 1 heterocycles. The van der Waals surface area contributed by atoms with Crippen molar-refractivity contribution < 1.29 is 4.52 Å². The van der Waals surface area contributed by atoms with Crippen LogP contribution in [0.5, 0.6) is 0 Å². The third kappa shape index (κ3) is 2.88. The smallest absolute Gasteiger partial charge is 0.257 e. The number of nitrogens with two attached hydrogens (primary N) is 1. The van der Waals surface area contributed by atoms with Crippen LogP contribution in [0.25, 0.3) is 11.5 Å². The third-order valence-corrected chi connectivity index (χ3v) is 4.68. The Labute approximate surface area is 132 Å². The van der Waals surface area contributed by atoms with E-state index in [4.69, 9.17) is 10.3 Å². The summed E-state index contributed by atoms with van der Waals surface area (Å²) < 4.78 is 6.59. The standard InChI is InChI=1S/C15H18IN3O/c16-12-7-5-11(6-8-12)13-18-14(19-20-13)15(17)9-3-1-2-4-10-15/h5-8H,1-4,9-10,17H2. The molecule has 5 heteroatoms. The van der Waals surface area contributed by atoms with Crippen molar-refractivity contribution in [3.8, 4) is 11.5 Å². The van der Waals surface area contributed by atoms with Gasteiger partial charge >= 0.3 is 0 Å². The van der Waals surface area contributed by atoms with Gasteiger partial charge < -0.3 is 10.3 Å². The van der Waals surface area contributed by atoms with Crippen molar-refractivity contribution in [2.45, 2.75) is 44.1 Å². The molecule has 0 radical (unpaired) electrons. The molecular weight excluding hydrogens is 365 g/mol. The van der Waals surface area contributed by atoms with E-state index in [0.29, 0.717) is 11.7 Å². The Kier molecular flexibility index (Phi) is 4.07. The molecule has 1 aromatic heterocycles. The normalized spacial score (nSPS) is 18.7. The Morgan fingerprint density at radius 1 is 1.05 bits per heavy atom. The Morgan fingerprint density at radius 2 is 1.70 bits per heavy atom. The second-order valence-electron chi connectivity index (χ2n) is 5.50. The van der Waals surface area contributed by atoms with Gasteiger partial charge in [0.1, 0.15) is 0 Å². The Hall–Kier alpha value is -0.950. The van der Waals surface area contributed by atoms with Gasteiger partial charge in [-0.25, -0.2) is 0 Å². The molecule has 0 aliphatic heterocycles. The molecule has 0 bridgehead atoms. The second-order valence-corrected chi connectivity index (χ2v) is 6.75. The lowest BCUT2D eigenvalue weighted by atomic mass is 9.91. The van der Waals surface area contributed by atoms with Crippen LogP contribution in [0.3, 0.4) is 0 Å². The van der Waals surface area contributed by atoms with Crippen molar-refractivity contribution >= 4 is 22.6 Å². The second kappa shape index (κ2) is 5.81. The highest BCUT2D eigenvalue weighted by molar-refractivity contribution is 14.1. The Morgan fingerprint density at radius 3 is 2.35 bits per heavy atom. The maximum absolute atomic E-state index is 6.51. The van der Waals surface area contributed by atoms with Gasteiger partial charge in [0.05, 0.1) is 5.54 Å².